The molecule has 186 valence electrons. The lowest BCUT2D eigenvalue weighted by molar-refractivity contribution is 0.331. The number of hydrogen-bond acceptors (Lipinski definition) is 6. The van der Waals surface area contributed by atoms with Crippen molar-refractivity contribution < 1.29 is 4.39 Å². The summed E-state index contributed by atoms with van der Waals surface area (Å²) in [5.74, 6) is 0.629. The van der Waals surface area contributed by atoms with Crippen molar-refractivity contribution in [2.75, 3.05) is 13.1 Å². The molecule has 6 heterocycles. The number of H-pyrrole nitrogens is 2. The van der Waals surface area contributed by atoms with Gasteiger partial charge in [0.15, 0.2) is 11.0 Å². The number of nitrogens with zero attached hydrogens (tertiary/aromatic N) is 5. The SMILES string of the molecule is C=C/C=C(/c1ccc(F)s1)c1nc(-c2n[nH]c3cnc(-c4cncc(CN5CCCC5)c4)cc23)[nH]c1C. The Hall–Kier alpha value is -3.95. The lowest BCUT2D eigenvalue weighted by Gasteiger charge is -2.14. The first-order valence-electron chi connectivity index (χ1n) is 12.3. The van der Waals surface area contributed by atoms with Gasteiger partial charge in [0.05, 0.1) is 23.1 Å². The Bertz CT molecular complexity index is 1620. The fourth-order valence-corrected chi connectivity index (χ4v) is 5.61. The maximum Gasteiger partial charge on any atom is 0.176 e. The highest BCUT2D eigenvalue weighted by Gasteiger charge is 2.19. The lowest BCUT2D eigenvalue weighted by Crippen LogP contribution is -2.18. The van der Waals surface area contributed by atoms with Crippen LogP contribution in [0.25, 0.3) is 39.3 Å². The van der Waals surface area contributed by atoms with Crippen LogP contribution in [0.1, 0.15) is 34.7 Å². The second kappa shape index (κ2) is 9.84. The summed E-state index contributed by atoms with van der Waals surface area (Å²) in [6.07, 6.45) is 11.6. The first-order valence-corrected chi connectivity index (χ1v) is 13.1. The summed E-state index contributed by atoms with van der Waals surface area (Å²) in [5.41, 5.74) is 6.91. The van der Waals surface area contributed by atoms with Gasteiger partial charge in [-0.1, -0.05) is 18.7 Å². The second-order valence-electron chi connectivity index (χ2n) is 9.23. The van der Waals surface area contributed by atoms with Gasteiger partial charge in [-0.3, -0.25) is 20.0 Å². The number of thiophene rings is 1. The van der Waals surface area contributed by atoms with Crippen molar-refractivity contribution in [3.05, 3.63) is 88.5 Å². The molecular weight excluding hydrogens is 485 g/mol. The van der Waals surface area contributed by atoms with E-state index in [1.165, 1.54) is 24.5 Å². The minimum atomic E-state index is -0.240. The average Bonchev–Trinajstić information content (AvgIpc) is 3.70. The number of nitrogens with one attached hydrogen (secondary N) is 2. The van der Waals surface area contributed by atoms with Crippen molar-refractivity contribution >= 4 is 27.8 Å². The summed E-state index contributed by atoms with van der Waals surface area (Å²) in [7, 11) is 0. The highest BCUT2D eigenvalue weighted by molar-refractivity contribution is 7.11. The highest BCUT2D eigenvalue weighted by Crippen LogP contribution is 2.33. The summed E-state index contributed by atoms with van der Waals surface area (Å²) in [5, 5.41) is 8.28. The fraction of sp³-hybridized carbons (Fsp3) is 0.214. The Morgan fingerprint density at radius 3 is 2.84 bits per heavy atom. The molecule has 5 aromatic heterocycles. The van der Waals surface area contributed by atoms with E-state index in [4.69, 9.17) is 4.98 Å². The molecule has 0 radical (unpaired) electrons. The Kier molecular flexibility index (Phi) is 6.23. The Balaban J connectivity index is 1.36. The topological polar surface area (TPSA) is 86.4 Å². The van der Waals surface area contributed by atoms with Gasteiger partial charge in [-0.25, -0.2) is 4.98 Å². The Morgan fingerprint density at radius 2 is 2.05 bits per heavy atom. The van der Waals surface area contributed by atoms with Crippen molar-refractivity contribution in [2.24, 2.45) is 0 Å². The van der Waals surface area contributed by atoms with Crippen LogP contribution < -0.4 is 0 Å². The monoisotopic (exact) mass is 511 g/mol. The molecule has 1 fully saturated rings. The minimum absolute atomic E-state index is 0.240. The number of halogens is 1. The molecule has 1 saturated heterocycles. The molecule has 9 heteroatoms. The van der Waals surface area contributed by atoms with E-state index in [-0.39, 0.29) is 5.13 Å². The van der Waals surface area contributed by atoms with E-state index in [9.17, 15) is 4.39 Å². The van der Waals surface area contributed by atoms with Crippen LogP contribution in [-0.4, -0.2) is 48.1 Å². The van der Waals surface area contributed by atoms with Gasteiger partial charge in [0.2, 0.25) is 0 Å². The summed E-state index contributed by atoms with van der Waals surface area (Å²) in [4.78, 5) is 20.6. The Morgan fingerprint density at radius 1 is 1.19 bits per heavy atom. The zero-order valence-corrected chi connectivity index (χ0v) is 21.3. The first-order chi connectivity index (χ1) is 18.1. The summed E-state index contributed by atoms with van der Waals surface area (Å²) >= 11 is 1.08. The number of rotatable bonds is 7. The molecule has 0 bridgehead atoms. The third kappa shape index (κ3) is 4.63. The zero-order valence-electron chi connectivity index (χ0n) is 20.5. The van der Waals surface area contributed by atoms with Crippen molar-refractivity contribution in [1.29, 1.82) is 0 Å². The number of aromatic amines is 2. The number of hydrogen-bond donors (Lipinski definition) is 2. The summed E-state index contributed by atoms with van der Waals surface area (Å²) in [6.45, 7) is 8.96. The molecule has 2 N–H and O–H groups in total. The molecular formula is C28H26FN7S. The summed E-state index contributed by atoms with van der Waals surface area (Å²) < 4.78 is 13.8. The summed E-state index contributed by atoms with van der Waals surface area (Å²) in [6, 6.07) is 7.42. The molecule has 0 saturated carbocycles. The predicted molar refractivity (Wildman–Crippen MR) is 146 cm³/mol. The highest BCUT2D eigenvalue weighted by atomic mass is 32.1. The molecule has 1 aliphatic rings. The van der Waals surface area contributed by atoms with Crippen molar-refractivity contribution in [3.8, 4) is 22.8 Å². The van der Waals surface area contributed by atoms with Crippen LogP contribution in [-0.2, 0) is 6.54 Å². The van der Waals surface area contributed by atoms with Gasteiger partial charge in [0.25, 0.3) is 0 Å². The average molecular weight is 512 g/mol. The van der Waals surface area contributed by atoms with Crippen LogP contribution in [0.2, 0.25) is 0 Å². The third-order valence-electron chi connectivity index (χ3n) is 6.63. The van der Waals surface area contributed by atoms with Gasteiger partial charge in [0, 0.05) is 46.0 Å². The third-order valence-corrected chi connectivity index (χ3v) is 7.54. The van der Waals surface area contributed by atoms with E-state index in [1.54, 1.807) is 18.3 Å². The lowest BCUT2D eigenvalue weighted by atomic mass is 10.1. The fourth-order valence-electron chi connectivity index (χ4n) is 4.86. The normalized spacial score (nSPS) is 14.6. The quantitative estimate of drug-likeness (QED) is 0.257. The molecule has 37 heavy (non-hydrogen) atoms. The number of fused-ring (bicyclic) bond motifs is 1. The van der Waals surface area contributed by atoms with Crippen LogP contribution in [0, 0.1) is 12.1 Å². The number of allylic oxidation sites excluding steroid dienone is 2. The van der Waals surface area contributed by atoms with Crippen molar-refractivity contribution in [2.45, 2.75) is 26.3 Å². The van der Waals surface area contributed by atoms with E-state index in [1.807, 2.05) is 31.5 Å². The molecule has 0 unspecified atom stereocenters. The van der Waals surface area contributed by atoms with E-state index in [0.717, 1.165) is 75.0 Å². The first kappa shape index (κ1) is 23.4. The van der Waals surface area contributed by atoms with Gasteiger partial charge < -0.3 is 4.98 Å². The standard InChI is InChI=1S/C28H26FN7S/c1-3-6-20(24-7-8-25(29)37-24)26-17(2)32-28(33-26)27-21-12-22(31-15-23(21)34-35-27)19-11-18(13-30-14-19)16-36-9-4-5-10-36/h3,6-8,11-15H,1,4-5,9-10,16H2,2H3,(H,32,33)(H,34,35)/b20-6-. The van der Waals surface area contributed by atoms with Crippen molar-refractivity contribution in [3.63, 3.8) is 0 Å². The zero-order chi connectivity index (χ0) is 25.4. The van der Waals surface area contributed by atoms with E-state index < -0.39 is 0 Å². The van der Waals surface area contributed by atoms with Gasteiger partial charge >= 0.3 is 0 Å². The molecule has 5 aromatic rings. The van der Waals surface area contributed by atoms with Gasteiger partial charge in [-0.2, -0.15) is 9.49 Å². The maximum atomic E-state index is 13.8. The number of aromatic nitrogens is 6. The molecule has 0 amide bonds. The molecule has 0 spiro atoms. The van der Waals surface area contributed by atoms with Crippen molar-refractivity contribution in [1.82, 2.24) is 35.0 Å². The van der Waals surface area contributed by atoms with E-state index >= 15 is 0 Å². The number of aryl methyl sites for hydroxylation is 1. The van der Waals surface area contributed by atoms with E-state index in [0.29, 0.717) is 11.5 Å². The second-order valence-corrected chi connectivity index (χ2v) is 10.3. The largest absolute Gasteiger partial charge is 0.340 e. The van der Waals surface area contributed by atoms with Gasteiger partial charge in [-0.15, -0.1) is 11.3 Å². The molecule has 0 aliphatic carbocycles. The number of likely N-dealkylation sites (tertiary alicyclic amines) is 1. The molecule has 6 rings (SSSR count). The van der Waals surface area contributed by atoms with E-state index in [2.05, 4.69) is 42.7 Å². The minimum Gasteiger partial charge on any atom is -0.340 e. The van der Waals surface area contributed by atoms with Gasteiger partial charge in [0.1, 0.15) is 5.69 Å². The van der Waals surface area contributed by atoms with Crippen LogP contribution >= 0.6 is 11.3 Å². The molecule has 7 nitrogen and oxygen atoms in total. The van der Waals surface area contributed by atoms with Crippen LogP contribution in [0.5, 0.6) is 0 Å². The van der Waals surface area contributed by atoms with Crippen LogP contribution in [0.3, 0.4) is 0 Å². The molecule has 0 atom stereocenters. The molecule has 0 aromatic carbocycles. The molecule has 1 aliphatic heterocycles. The maximum absolute atomic E-state index is 13.8. The smallest absolute Gasteiger partial charge is 0.176 e. The van der Waals surface area contributed by atoms with Crippen LogP contribution in [0.4, 0.5) is 4.39 Å². The van der Waals surface area contributed by atoms with Gasteiger partial charge in [-0.05, 0) is 62.7 Å². The predicted octanol–water partition coefficient (Wildman–Crippen LogP) is 6.13. The number of imidazole rings is 1. The number of pyridine rings is 2. The Labute approximate surface area is 217 Å². The van der Waals surface area contributed by atoms with Crippen LogP contribution in [0.15, 0.2) is 61.6 Å².